The van der Waals surface area contributed by atoms with Crippen LogP contribution in [0.2, 0.25) is 5.02 Å². The third-order valence-corrected chi connectivity index (χ3v) is 4.61. The minimum Gasteiger partial charge on any atom is -0.497 e. The number of hydrogen-bond acceptors (Lipinski definition) is 5. The van der Waals surface area contributed by atoms with Gasteiger partial charge in [0.15, 0.2) is 12.1 Å². The van der Waals surface area contributed by atoms with E-state index in [2.05, 4.69) is 15.6 Å². The number of amides is 2. The lowest BCUT2D eigenvalue weighted by Gasteiger charge is -2.19. The molecule has 3 rings (SSSR count). The molecule has 0 radical (unpaired) electrons. The fraction of sp³-hybridized carbons (Fsp3) is 0.190. The lowest BCUT2D eigenvalue weighted by molar-refractivity contribution is 0.0688. The predicted molar refractivity (Wildman–Crippen MR) is 111 cm³/mol. The van der Waals surface area contributed by atoms with Crippen molar-refractivity contribution in [3.05, 3.63) is 77.0 Å². The summed E-state index contributed by atoms with van der Waals surface area (Å²) in [7, 11) is 1.58. The zero-order valence-corrected chi connectivity index (χ0v) is 16.8. The second-order valence-electron chi connectivity index (χ2n) is 6.49. The van der Waals surface area contributed by atoms with Crippen molar-refractivity contribution in [1.82, 2.24) is 10.3 Å². The highest BCUT2D eigenvalue weighted by Gasteiger charge is 2.22. The van der Waals surface area contributed by atoms with Gasteiger partial charge in [0.05, 0.1) is 7.11 Å². The van der Waals surface area contributed by atoms with E-state index in [-0.39, 0.29) is 17.9 Å². The number of hydrogen-bond donors (Lipinski definition) is 3. The molecule has 9 heteroatoms. The summed E-state index contributed by atoms with van der Waals surface area (Å²) in [5, 5.41) is 15.4. The van der Waals surface area contributed by atoms with Crippen LogP contribution in [0.5, 0.6) is 5.75 Å². The molecule has 2 aromatic carbocycles. The van der Waals surface area contributed by atoms with Crippen molar-refractivity contribution in [3.63, 3.8) is 0 Å². The van der Waals surface area contributed by atoms with Crippen LogP contribution in [0, 0.1) is 0 Å². The monoisotopic (exact) mass is 429 g/mol. The molecule has 3 aromatic rings. The van der Waals surface area contributed by atoms with E-state index in [4.69, 9.17) is 20.8 Å². The fourth-order valence-electron chi connectivity index (χ4n) is 2.92. The van der Waals surface area contributed by atoms with Gasteiger partial charge in [0, 0.05) is 23.2 Å². The molecular weight excluding hydrogens is 410 g/mol. The number of oxazole rings is 1. The molecule has 1 heterocycles. The van der Waals surface area contributed by atoms with E-state index in [1.54, 1.807) is 31.4 Å². The fourth-order valence-corrected chi connectivity index (χ4v) is 3.05. The summed E-state index contributed by atoms with van der Waals surface area (Å²) < 4.78 is 10.4. The Morgan fingerprint density at radius 2 is 1.83 bits per heavy atom. The number of methoxy groups -OCH3 is 1. The van der Waals surface area contributed by atoms with E-state index in [1.807, 2.05) is 24.3 Å². The van der Waals surface area contributed by atoms with Crippen molar-refractivity contribution >= 4 is 29.3 Å². The lowest BCUT2D eigenvalue weighted by Crippen LogP contribution is -2.40. The van der Waals surface area contributed by atoms with Gasteiger partial charge >= 0.3 is 12.0 Å². The number of aromatic nitrogens is 1. The number of anilines is 1. The van der Waals surface area contributed by atoms with E-state index in [9.17, 15) is 14.7 Å². The number of nitrogens with one attached hydrogen (secondary N) is 2. The molecule has 0 spiro atoms. The Hall–Kier alpha value is -3.52. The normalized spacial score (nSPS) is 11.5. The van der Waals surface area contributed by atoms with Crippen molar-refractivity contribution in [2.75, 3.05) is 12.4 Å². The van der Waals surface area contributed by atoms with Crippen LogP contribution >= 0.6 is 11.6 Å². The lowest BCUT2D eigenvalue weighted by atomic mass is 10.0. The first-order valence-electron chi connectivity index (χ1n) is 9.06. The maximum absolute atomic E-state index is 12.5. The highest BCUT2D eigenvalue weighted by Crippen LogP contribution is 2.17. The third kappa shape index (κ3) is 5.74. The minimum atomic E-state index is -1.19. The molecule has 0 saturated carbocycles. The standard InChI is InChI=1S/C21H20ClN3O5/c1-29-17-8-2-13(3-9-17)10-16(11-18-19(20(26)27)23-12-30-18)25-21(28)24-15-6-4-14(22)5-7-15/h2-9,12,16H,10-11H2,1H3,(H,26,27)(H2,24,25,28)/t16-/m0/s1. The second-order valence-corrected chi connectivity index (χ2v) is 6.92. The Kier molecular flexibility index (Phi) is 6.92. The molecule has 156 valence electrons. The molecule has 8 nitrogen and oxygen atoms in total. The summed E-state index contributed by atoms with van der Waals surface area (Å²) in [5.74, 6) is -0.285. The highest BCUT2D eigenvalue weighted by molar-refractivity contribution is 6.30. The van der Waals surface area contributed by atoms with Gasteiger partial charge < -0.3 is 24.9 Å². The minimum absolute atomic E-state index is 0.154. The van der Waals surface area contributed by atoms with E-state index in [0.29, 0.717) is 22.9 Å². The van der Waals surface area contributed by atoms with E-state index >= 15 is 0 Å². The molecule has 0 aliphatic rings. The molecule has 1 atom stereocenters. The molecule has 0 aliphatic carbocycles. The maximum Gasteiger partial charge on any atom is 0.358 e. The van der Waals surface area contributed by atoms with Gasteiger partial charge in [0.1, 0.15) is 11.5 Å². The van der Waals surface area contributed by atoms with Crippen LogP contribution in [-0.4, -0.2) is 35.2 Å². The van der Waals surface area contributed by atoms with Gasteiger partial charge in [0.25, 0.3) is 0 Å². The number of aromatic carboxylic acids is 1. The number of rotatable bonds is 8. The molecular formula is C21H20ClN3O5. The zero-order chi connectivity index (χ0) is 21.5. The highest BCUT2D eigenvalue weighted by atomic mass is 35.5. The van der Waals surface area contributed by atoms with Crippen LogP contribution in [0.3, 0.4) is 0 Å². The molecule has 3 N–H and O–H groups in total. The maximum atomic E-state index is 12.5. The number of halogens is 1. The first-order valence-corrected chi connectivity index (χ1v) is 9.44. The van der Waals surface area contributed by atoms with Crippen LogP contribution in [0.1, 0.15) is 21.8 Å². The van der Waals surface area contributed by atoms with Crippen LogP contribution in [0.15, 0.2) is 59.3 Å². The van der Waals surface area contributed by atoms with Crippen molar-refractivity contribution in [2.24, 2.45) is 0 Å². The summed E-state index contributed by atoms with van der Waals surface area (Å²) in [4.78, 5) is 27.6. The van der Waals surface area contributed by atoms with E-state index < -0.39 is 18.0 Å². The Labute approximate surface area is 177 Å². The van der Waals surface area contributed by atoms with Crippen molar-refractivity contribution in [2.45, 2.75) is 18.9 Å². The van der Waals surface area contributed by atoms with Crippen molar-refractivity contribution < 1.29 is 23.8 Å². The predicted octanol–water partition coefficient (Wildman–Crippen LogP) is 4.01. The summed E-state index contributed by atoms with van der Waals surface area (Å²) >= 11 is 5.86. The molecule has 30 heavy (non-hydrogen) atoms. The molecule has 0 unspecified atom stereocenters. The summed E-state index contributed by atoms with van der Waals surface area (Å²) in [5.41, 5.74) is 1.34. The van der Waals surface area contributed by atoms with Crippen molar-refractivity contribution in [3.8, 4) is 5.75 Å². The van der Waals surface area contributed by atoms with Crippen LogP contribution in [-0.2, 0) is 12.8 Å². The average molecular weight is 430 g/mol. The number of ether oxygens (including phenoxy) is 1. The summed E-state index contributed by atoms with van der Waals surface area (Å²) in [6.45, 7) is 0. The summed E-state index contributed by atoms with van der Waals surface area (Å²) in [6, 6.07) is 13.2. The van der Waals surface area contributed by atoms with Gasteiger partial charge in [-0.3, -0.25) is 0 Å². The second kappa shape index (κ2) is 9.80. The molecule has 2 amide bonds. The Morgan fingerprint density at radius 3 is 2.47 bits per heavy atom. The van der Waals surface area contributed by atoms with E-state index in [1.165, 1.54) is 0 Å². The van der Waals surface area contributed by atoms with Gasteiger partial charge in [-0.25, -0.2) is 14.6 Å². The molecule has 0 bridgehead atoms. The molecule has 1 aromatic heterocycles. The topological polar surface area (TPSA) is 114 Å². The number of nitrogens with zero attached hydrogens (tertiary/aromatic N) is 1. The van der Waals surface area contributed by atoms with Gasteiger partial charge in [0.2, 0.25) is 0 Å². The Balaban J connectivity index is 1.74. The van der Waals surface area contributed by atoms with Gasteiger partial charge in [-0.15, -0.1) is 0 Å². The van der Waals surface area contributed by atoms with Crippen LogP contribution in [0.4, 0.5) is 10.5 Å². The van der Waals surface area contributed by atoms with Gasteiger partial charge in [-0.2, -0.15) is 0 Å². The van der Waals surface area contributed by atoms with E-state index in [0.717, 1.165) is 12.0 Å². The van der Waals surface area contributed by atoms with Crippen molar-refractivity contribution in [1.29, 1.82) is 0 Å². The SMILES string of the molecule is COc1ccc(C[C@@H](Cc2ocnc2C(=O)O)NC(=O)Nc2ccc(Cl)cc2)cc1. The number of benzene rings is 2. The number of carbonyl (C=O) groups excluding carboxylic acids is 1. The smallest absolute Gasteiger partial charge is 0.358 e. The Morgan fingerprint density at radius 1 is 1.13 bits per heavy atom. The summed E-state index contributed by atoms with van der Waals surface area (Å²) in [6.07, 6.45) is 1.68. The number of carboxylic acid groups (broad SMARTS) is 1. The van der Waals surface area contributed by atoms with Crippen LogP contribution in [0.25, 0.3) is 0 Å². The van der Waals surface area contributed by atoms with Gasteiger partial charge in [-0.1, -0.05) is 23.7 Å². The molecule has 0 fully saturated rings. The first-order chi connectivity index (χ1) is 14.4. The first kappa shape index (κ1) is 21.2. The number of carbonyl (C=O) groups is 2. The number of urea groups is 1. The molecule has 0 saturated heterocycles. The Bertz CT molecular complexity index is 1000. The van der Waals surface area contributed by atoms with Crippen LogP contribution < -0.4 is 15.4 Å². The quantitative estimate of drug-likeness (QED) is 0.498. The third-order valence-electron chi connectivity index (χ3n) is 4.35. The number of carboxylic acids is 1. The largest absolute Gasteiger partial charge is 0.497 e. The zero-order valence-electron chi connectivity index (χ0n) is 16.1. The average Bonchev–Trinajstić information content (AvgIpc) is 3.18. The van der Waals surface area contributed by atoms with Gasteiger partial charge in [-0.05, 0) is 48.4 Å². The molecule has 0 aliphatic heterocycles.